The van der Waals surface area contributed by atoms with E-state index < -0.39 is 24.4 Å². The second-order valence-corrected chi connectivity index (χ2v) is 9.71. The minimum absolute atomic E-state index is 0.293. The van der Waals surface area contributed by atoms with Crippen LogP contribution in [0.2, 0.25) is 0 Å². The highest BCUT2D eigenvalue weighted by atomic mass is 19.1. The maximum Gasteiger partial charge on any atom is 0.126 e. The zero-order valence-electron chi connectivity index (χ0n) is 20.0. The van der Waals surface area contributed by atoms with E-state index in [0.29, 0.717) is 56.8 Å². The first kappa shape index (κ1) is 24.7. The average molecular weight is 496 g/mol. The van der Waals surface area contributed by atoms with E-state index in [1.807, 2.05) is 35.2 Å². The zero-order chi connectivity index (χ0) is 25.1. The Kier molecular flexibility index (Phi) is 7.51. The molecule has 0 aromatic heterocycles. The number of halogens is 2. The lowest BCUT2D eigenvalue weighted by Crippen LogP contribution is -2.48. The third-order valence-electron chi connectivity index (χ3n) is 7.00. The average Bonchev–Trinajstić information content (AvgIpc) is 2.88. The molecule has 2 N–H and O–H groups in total. The number of hydrogen-bond donors (Lipinski definition) is 2. The van der Waals surface area contributed by atoms with Crippen LogP contribution in [0.3, 0.4) is 0 Å². The van der Waals surface area contributed by atoms with Gasteiger partial charge in [-0.2, -0.15) is 0 Å². The molecule has 4 atom stereocenters. The largest absolute Gasteiger partial charge is 0.487 e. The van der Waals surface area contributed by atoms with Gasteiger partial charge in [-0.15, -0.1) is 0 Å². The van der Waals surface area contributed by atoms with E-state index in [9.17, 15) is 19.0 Å². The third kappa shape index (κ3) is 5.86. The van der Waals surface area contributed by atoms with Gasteiger partial charge in [0, 0.05) is 19.6 Å². The van der Waals surface area contributed by atoms with Crippen LogP contribution in [0.4, 0.5) is 8.78 Å². The van der Waals surface area contributed by atoms with E-state index in [0.717, 1.165) is 16.7 Å². The van der Waals surface area contributed by atoms with Crippen molar-refractivity contribution < 1.29 is 28.5 Å². The maximum absolute atomic E-state index is 13.5. The Bertz CT molecular complexity index is 1100. The van der Waals surface area contributed by atoms with Crippen LogP contribution in [0.1, 0.15) is 29.5 Å². The summed E-state index contributed by atoms with van der Waals surface area (Å²) in [6, 6.07) is 18.8. The van der Waals surface area contributed by atoms with Gasteiger partial charge in [0.2, 0.25) is 0 Å². The lowest BCUT2D eigenvalue weighted by atomic mass is 9.97. The molecule has 0 saturated carbocycles. The minimum atomic E-state index is -0.796. The number of aliphatic hydroxyl groups excluding tert-OH is 2. The zero-order valence-corrected chi connectivity index (χ0v) is 20.0. The van der Waals surface area contributed by atoms with E-state index in [1.54, 1.807) is 12.1 Å². The normalized spacial score (nSPS) is 20.6. The van der Waals surface area contributed by atoms with E-state index in [2.05, 4.69) is 0 Å². The van der Waals surface area contributed by atoms with E-state index in [4.69, 9.17) is 9.47 Å². The first-order chi connectivity index (χ1) is 17.4. The highest BCUT2D eigenvalue weighted by Gasteiger charge is 2.32. The summed E-state index contributed by atoms with van der Waals surface area (Å²) < 4.78 is 39.1. The molecular weight excluding hydrogens is 464 g/mol. The molecule has 36 heavy (non-hydrogen) atoms. The Hall–Kier alpha value is -3.00. The number of aliphatic hydroxyl groups is 2. The fourth-order valence-corrected chi connectivity index (χ4v) is 5.11. The molecule has 7 heteroatoms. The first-order valence-corrected chi connectivity index (χ1v) is 12.5. The highest BCUT2D eigenvalue weighted by Crippen LogP contribution is 2.31. The molecule has 0 aliphatic carbocycles. The molecule has 0 spiro atoms. The number of aryl methyl sites for hydroxylation is 2. The first-order valence-electron chi connectivity index (χ1n) is 12.5. The summed E-state index contributed by atoms with van der Waals surface area (Å²) in [6.07, 6.45) is -0.0167. The van der Waals surface area contributed by atoms with Gasteiger partial charge in [-0.25, -0.2) is 8.78 Å². The Labute approximate surface area is 209 Å². The van der Waals surface area contributed by atoms with Crippen molar-refractivity contribution in [2.75, 3.05) is 13.1 Å². The third-order valence-corrected chi connectivity index (χ3v) is 7.00. The van der Waals surface area contributed by atoms with Gasteiger partial charge >= 0.3 is 0 Å². The van der Waals surface area contributed by atoms with Crippen molar-refractivity contribution in [2.24, 2.45) is 0 Å². The molecule has 0 radical (unpaired) electrons. The Morgan fingerprint density at radius 3 is 1.75 bits per heavy atom. The summed E-state index contributed by atoms with van der Waals surface area (Å²) in [5, 5.41) is 22.2. The van der Waals surface area contributed by atoms with Crippen LogP contribution >= 0.6 is 0 Å². The summed E-state index contributed by atoms with van der Waals surface area (Å²) in [5.41, 5.74) is 2.68. The molecule has 2 heterocycles. The van der Waals surface area contributed by atoms with Gasteiger partial charge in [0.25, 0.3) is 0 Å². The summed E-state index contributed by atoms with van der Waals surface area (Å²) in [7, 11) is 0. The number of ether oxygens (including phenoxy) is 2. The number of hydrogen-bond acceptors (Lipinski definition) is 5. The van der Waals surface area contributed by atoms with Crippen LogP contribution in [0.25, 0.3) is 0 Å². The topological polar surface area (TPSA) is 62.2 Å². The molecule has 190 valence electrons. The van der Waals surface area contributed by atoms with Crippen LogP contribution in [-0.4, -0.2) is 52.6 Å². The van der Waals surface area contributed by atoms with Gasteiger partial charge < -0.3 is 19.7 Å². The van der Waals surface area contributed by atoms with Crippen LogP contribution < -0.4 is 9.47 Å². The van der Waals surface area contributed by atoms with Crippen LogP contribution in [0, 0.1) is 11.6 Å². The summed E-state index contributed by atoms with van der Waals surface area (Å²) in [6.45, 7) is 1.13. The number of rotatable bonds is 8. The predicted molar refractivity (Wildman–Crippen MR) is 132 cm³/mol. The molecule has 0 fully saturated rings. The minimum Gasteiger partial charge on any atom is -0.487 e. The maximum atomic E-state index is 13.5. The number of fused-ring (bicyclic) bond motifs is 2. The predicted octanol–water partition coefficient (Wildman–Crippen LogP) is 4.28. The van der Waals surface area contributed by atoms with Crippen molar-refractivity contribution >= 4 is 0 Å². The second kappa shape index (κ2) is 10.9. The molecule has 5 nitrogen and oxygen atoms in total. The molecule has 3 aromatic carbocycles. The van der Waals surface area contributed by atoms with Gasteiger partial charge in [-0.05, 0) is 78.8 Å². The summed E-state index contributed by atoms with van der Waals surface area (Å²) in [4.78, 5) is 2.01. The van der Waals surface area contributed by atoms with E-state index in [1.165, 1.54) is 24.3 Å². The lowest BCUT2D eigenvalue weighted by Gasteiger charge is -2.35. The summed E-state index contributed by atoms with van der Waals surface area (Å²) >= 11 is 0. The van der Waals surface area contributed by atoms with Crippen molar-refractivity contribution in [2.45, 2.75) is 56.6 Å². The lowest BCUT2D eigenvalue weighted by molar-refractivity contribution is -0.0295. The molecule has 0 bridgehead atoms. The Morgan fingerprint density at radius 1 is 0.750 bits per heavy atom. The van der Waals surface area contributed by atoms with Crippen LogP contribution in [-0.2, 0) is 19.4 Å². The van der Waals surface area contributed by atoms with E-state index in [-0.39, 0.29) is 11.6 Å². The molecule has 1 unspecified atom stereocenters. The molecule has 2 aliphatic heterocycles. The van der Waals surface area contributed by atoms with Gasteiger partial charge in [-0.3, -0.25) is 4.90 Å². The van der Waals surface area contributed by atoms with Crippen LogP contribution in [0.5, 0.6) is 11.5 Å². The Morgan fingerprint density at radius 2 is 1.25 bits per heavy atom. The van der Waals surface area contributed by atoms with Gasteiger partial charge in [-0.1, -0.05) is 30.3 Å². The van der Waals surface area contributed by atoms with Crippen LogP contribution in [0.15, 0.2) is 66.7 Å². The highest BCUT2D eigenvalue weighted by molar-refractivity contribution is 5.37. The fraction of sp³-hybridized carbons (Fsp3) is 0.379. The van der Waals surface area contributed by atoms with Crippen molar-refractivity contribution in [3.63, 3.8) is 0 Å². The molecule has 0 amide bonds. The number of nitrogens with zero attached hydrogens (tertiary/aromatic N) is 1. The molecular formula is C29H31F2NO4. The molecule has 0 saturated heterocycles. The molecule has 3 aromatic rings. The quantitative estimate of drug-likeness (QED) is 0.489. The number of benzene rings is 3. The second-order valence-electron chi connectivity index (χ2n) is 9.71. The molecule has 2 aliphatic rings. The summed E-state index contributed by atoms with van der Waals surface area (Å²) in [5.74, 6) is 0.619. The molecule has 5 rings (SSSR count). The standard InChI is InChI=1S/C29H31F2NO4/c30-22-8-12-26-20(14-22)6-10-28(35-26)24(33)17-32(16-19-4-2-1-3-5-19)18-25(34)29-11-7-21-15-23(31)9-13-27(21)36-29/h1-5,8-9,12-15,24-25,28-29,33-34H,6-7,10-11,16-18H2/t24-,25-,28+,29?/m1/s1. The van der Waals surface area contributed by atoms with Gasteiger partial charge in [0.05, 0.1) is 0 Å². The van der Waals surface area contributed by atoms with Crippen molar-refractivity contribution in [3.8, 4) is 11.5 Å². The van der Waals surface area contributed by atoms with Gasteiger partial charge in [0.15, 0.2) is 0 Å². The van der Waals surface area contributed by atoms with E-state index >= 15 is 0 Å². The SMILES string of the molecule is O[C@H](CN(Cc1ccccc1)C[C@@H](O)[C@@H]1CCc2cc(F)ccc2O1)C1CCc2cc(F)ccc2O1. The monoisotopic (exact) mass is 495 g/mol. The van der Waals surface area contributed by atoms with Gasteiger partial charge in [0.1, 0.15) is 47.5 Å². The van der Waals surface area contributed by atoms with Crippen molar-refractivity contribution in [3.05, 3.63) is 95.1 Å². The van der Waals surface area contributed by atoms with Crippen molar-refractivity contribution in [1.82, 2.24) is 4.90 Å². The van der Waals surface area contributed by atoms with Crippen molar-refractivity contribution in [1.29, 1.82) is 0 Å². The smallest absolute Gasteiger partial charge is 0.126 e. The Balaban J connectivity index is 1.26. The fourth-order valence-electron chi connectivity index (χ4n) is 5.11.